The molecule has 3 aliphatic heterocycles. The zero-order valence-corrected chi connectivity index (χ0v) is 18.5. The molecule has 6 rings (SSSR count). The van der Waals surface area contributed by atoms with Crippen LogP contribution in [0.3, 0.4) is 0 Å². The Bertz CT molecular complexity index is 1080. The number of esters is 1. The molecule has 0 aliphatic carbocycles. The van der Waals surface area contributed by atoms with E-state index in [1.165, 1.54) is 12.8 Å². The minimum Gasteiger partial charge on any atom is -0.452 e. The number of carbonyl (C=O) groups excluding carboxylic acids is 1. The van der Waals surface area contributed by atoms with Gasteiger partial charge in [-0.15, -0.1) is 0 Å². The first-order chi connectivity index (χ1) is 15.1. The summed E-state index contributed by atoms with van der Waals surface area (Å²) in [6, 6.07) is 17.2. The Hall–Kier alpha value is -2.43. The lowest BCUT2D eigenvalue weighted by atomic mass is 9.72. The fourth-order valence-electron chi connectivity index (χ4n) is 5.44. The number of nitrogens with zero attached hydrogens (tertiary/aromatic N) is 2. The Morgan fingerprint density at radius 2 is 2.00 bits per heavy atom. The maximum Gasteiger partial charge on any atom is 0.338 e. The van der Waals surface area contributed by atoms with Crippen molar-refractivity contribution in [3.05, 3.63) is 76.9 Å². The number of rotatable bonds is 5. The zero-order valence-electron chi connectivity index (χ0n) is 17.7. The zero-order chi connectivity index (χ0) is 21.4. The van der Waals surface area contributed by atoms with Crippen molar-refractivity contribution in [2.45, 2.75) is 38.3 Å². The monoisotopic (exact) mass is 434 g/mol. The number of hydrogen-bond donors (Lipinski definition) is 0. The molecular weight excluding hydrogens is 408 g/mol. The van der Waals surface area contributed by atoms with E-state index in [1.54, 1.807) is 24.3 Å². The molecule has 4 heterocycles. The van der Waals surface area contributed by atoms with Crippen LogP contribution < -0.4 is 0 Å². The van der Waals surface area contributed by atoms with Gasteiger partial charge < -0.3 is 4.74 Å². The summed E-state index contributed by atoms with van der Waals surface area (Å²) in [5, 5.41) is 1.66. The normalized spacial score (nSPS) is 26.0. The molecular formula is C26H27ClN2O2. The predicted molar refractivity (Wildman–Crippen MR) is 123 cm³/mol. The largest absolute Gasteiger partial charge is 0.452 e. The van der Waals surface area contributed by atoms with Gasteiger partial charge in [-0.25, -0.2) is 4.79 Å². The van der Waals surface area contributed by atoms with Crippen molar-refractivity contribution < 1.29 is 9.53 Å². The second-order valence-corrected chi connectivity index (χ2v) is 9.20. The number of para-hydroxylation sites is 1. The third kappa shape index (κ3) is 3.95. The van der Waals surface area contributed by atoms with E-state index < -0.39 is 0 Å². The van der Waals surface area contributed by atoms with Gasteiger partial charge in [-0.2, -0.15) is 0 Å². The Kier molecular flexibility index (Phi) is 5.68. The maximum absolute atomic E-state index is 13.1. The van der Waals surface area contributed by atoms with Crippen molar-refractivity contribution >= 4 is 28.5 Å². The van der Waals surface area contributed by atoms with Crippen molar-refractivity contribution in [1.29, 1.82) is 0 Å². The molecule has 4 nitrogen and oxygen atoms in total. The Labute approximate surface area is 188 Å². The number of carbonyl (C=O) groups is 1. The quantitative estimate of drug-likeness (QED) is 0.468. The highest BCUT2D eigenvalue weighted by Gasteiger charge is 2.44. The van der Waals surface area contributed by atoms with E-state index in [-0.39, 0.29) is 18.1 Å². The molecule has 5 atom stereocenters. The molecule has 3 saturated heterocycles. The second kappa shape index (κ2) is 8.60. The van der Waals surface area contributed by atoms with E-state index in [0.29, 0.717) is 16.5 Å². The van der Waals surface area contributed by atoms with Crippen LogP contribution in [0.15, 0.2) is 60.8 Å². The van der Waals surface area contributed by atoms with Gasteiger partial charge in [-0.1, -0.05) is 43.1 Å². The van der Waals surface area contributed by atoms with Gasteiger partial charge in [0.2, 0.25) is 0 Å². The van der Waals surface area contributed by atoms with Gasteiger partial charge in [-0.05, 0) is 67.6 Å². The first kappa shape index (κ1) is 20.5. The van der Waals surface area contributed by atoms with Crippen LogP contribution in [0.1, 0.15) is 48.2 Å². The molecule has 160 valence electrons. The molecule has 1 aromatic heterocycles. The van der Waals surface area contributed by atoms with Crippen molar-refractivity contribution in [3.8, 4) is 0 Å². The number of benzene rings is 2. The molecule has 2 bridgehead atoms. The van der Waals surface area contributed by atoms with Crippen molar-refractivity contribution in [2.24, 2.45) is 11.8 Å². The average Bonchev–Trinajstić information content (AvgIpc) is 2.82. The second-order valence-electron chi connectivity index (χ2n) is 8.77. The molecule has 0 saturated carbocycles. The molecule has 2 aromatic carbocycles. The standard InChI is InChI=1S/C26H27ClN2O2/c1-2-17-16-29-14-12-19(17)15-24(29)25(31-26(30)18-7-9-20(27)10-8-18)22-11-13-28-23-6-4-3-5-21(22)23/h3-11,13,17,19,24-25H,2,12,14-16H2,1H3/t17-,19-,24+,25-/m0/s1. The fourth-order valence-corrected chi connectivity index (χ4v) is 5.57. The molecule has 0 amide bonds. The molecule has 0 spiro atoms. The molecule has 0 radical (unpaired) electrons. The summed E-state index contributed by atoms with van der Waals surface area (Å²) in [4.78, 5) is 20.2. The van der Waals surface area contributed by atoms with E-state index in [1.807, 2.05) is 30.5 Å². The third-order valence-corrected chi connectivity index (χ3v) is 7.37. The van der Waals surface area contributed by atoms with Gasteiger partial charge in [-0.3, -0.25) is 9.88 Å². The number of ether oxygens (including phenoxy) is 1. The van der Waals surface area contributed by atoms with Crippen LogP contribution in [0.25, 0.3) is 10.9 Å². The van der Waals surface area contributed by atoms with E-state index in [4.69, 9.17) is 16.3 Å². The van der Waals surface area contributed by atoms with Crippen LogP contribution in [0.4, 0.5) is 0 Å². The summed E-state index contributed by atoms with van der Waals surface area (Å²) in [7, 11) is 0. The van der Waals surface area contributed by atoms with E-state index in [2.05, 4.69) is 22.9 Å². The van der Waals surface area contributed by atoms with Crippen LogP contribution in [-0.4, -0.2) is 35.0 Å². The predicted octanol–water partition coefficient (Wildman–Crippen LogP) is 5.91. The van der Waals surface area contributed by atoms with Crippen LogP contribution >= 0.6 is 11.6 Å². The van der Waals surface area contributed by atoms with Gasteiger partial charge in [0.1, 0.15) is 6.10 Å². The highest BCUT2D eigenvalue weighted by molar-refractivity contribution is 6.30. The highest BCUT2D eigenvalue weighted by Crippen LogP contribution is 2.44. The van der Waals surface area contributed by atoms with Gasteiger partial charge in [0.05, 0.1) is 17.1 Å². The summed E-state index contributed by atoms with van der Waals surface area (Å²) >= 11 is 6.01. The summed E-state index contributed by atoms with van der Waals surface area (Å²) in [5.74, 6) is 1.13. The van der Waals surface area contributed by atoms with E-state index in [9.17, 15) is 4.79 Å². The molecule has 0 N–H and O–H groups in total. The minimum absolute atomic E-state index is 0.184. The van der Waals surface area contributed by atoms with Gasteiger partial charge >= 0.3 is 5.97 Å². The van der Waals surface area contributed by atoms with Gasteiger partial charge in [0, 0.05) is 28.7 Å². The van der Waals surface area contributed by atoms with Crippen molar-refractivity contribution in [1.82, 2.24) is 9.88 Å². The number of halogens is 1. The van der Waals surface area contributed by atoms with E-state index in [0.717, 1.165) is 41.9 Å². The summed E-state index contributed by atoms with van der Waals surface area (Å²) < 4.78 is 6.28. The molecule has 3 fully saturated rings. The van der Waals surface area contributed by atoms with Crippen LogP contribution in [-0.2, 0) is 4.74 Å². The smallest absolute Gasteiger partial charge is 0.338 e. The summed E-state index contributed by atoms with van der Waals surface area (Å²) in [6.45, 7) is 4.45. The number of piperidine rings is 3. The summed E-state index contributed by atoms with van der Waals surface area (Å²) in [6.07, 6.45) is 5.00. The fraction of sp³-hybridized carbons (Fsp3) is 0.385. The van der Waals surface area contributed by atoms with Gasteiger partial charge in [0.25, 0.3) is 0 Å². The van der Waals surface area contributed by atoms with Crippen LogP contribution in [0, 0.1) is 11.8 Å². The first-order valence-electron chi connectivity index (χ1n) is 11.2. The van der Waals surface area contributed by atoms with Crippen LogP contribution in [0.5, 0.6) is 0 Å². The van der Waals surface area contributed by atoms with Crippen molar-refractivity contribution in [3.63, 3.8) is 0 Å². The number of pyridine rings is 1. The third-order valence-electron chi connectivity index (χ3n) is 7.11. The van der Waals surface area contributed by atoms with Crippen LogP contribution in [0.2, 0.25) is 5.02 Å². The van der Waals surface area contributed by atoms with Gasteiger partial charge in [0.15, 0.2) is 0 Å². The number of hydrogen-bond acceptors (Lipinski definition) is 4. The topological polar surface area (TPSA) is 42.4 Å². The molecule has 5 heteroatoms. The lowest BCUT2D eigenvalue weighted by Crippen LogP contribution is -2.55. The highest BCUT2D eigenvalue weighted by atomic mass is 35.5. The SMILES string of the molecule is CC[C@H]1CN2CC[C@H]1C[C@@H]2[C@@H](OC(=O)c1ccc(Cl)cc1)c1ccnc2ccccc12. The summed E-state index contributed by atoms with van der Waals surface area (Å²) in [5.41, 5.74) is 2.49. The number of aromatic nitrogens is 1. The Balaban J connectivity index is 1.53. The van der Waals surface area contributed by atoms with Crippen molar-refractivity contribution in [2.75, 3.05) is 13.1 Å². The molecule has 1 unspecified atom stereocenters. The molecule has 31 heavy (non-hydrogen) atoms. The first-order valence-corrected chi connectivity index (χ1v) is 11.6. The lowest BCUT2D eigenvalue weighted by molar-refractivity contribution is -0.0659. The number of fused-ring (bicyclic) bond motifs is 4. The van der Waals surface area contributed by atoms with E-state index >= 15 is 0 Å². The maximum atomic E-state index is 13.1. The molecule has 3 aliphatic rings. The Morgan fingerprint density at radius 1 is 1.19 bits per heavy atom. The minimum atomic E-state index is -0.336. The average molecular weight is 435 g/mol. The molecule has 3 aromatic rings. The lowest BCUT2D eigenvalue weighted by Gasteiger charge is -2.51. The Morgan fingerprint density at radius 3 is 2.74 bits per heavy atom.